The van der Waals surface area contributed by atoms with Crippen LogP contribution >= 0.6 is 9.69 Å². The van der Waals surface area contributed by atoms with E-state index in [1.807, 2.05) is 0 Å². The molecule has 2 aliphatic carbocycles. The van der Waals surface area contributed by atoms with Crippen LogP contribution in [0.15, 0.2) is 44.8 Å². The van der Waals surface area contributed by atoms with Crippen LogP contribution < -0.4 is 0 Å². The summed E-state index contributed by atoms with van der Waals surface area (Å²) >= 11 is 0. The molecule has 2 heteroatoms. The van der Waals surface area contributed by atoms with Crippen molar-refractivity contribution in [2.45, 2.75) is 59.7 Å². The summed E-state index contributed by atoms with van der Waals surface area (Å²) in [6, 6.07) is 0. The Bertz CT molecular complexity index is 596. The third kappa shape index (κ3) is 2.53. The Morgan fingerprint density at radius 2 is 1.45 bits per heavy atom. The zero-order valence-electron chi connectivity index (χ0n) is 13.7. The standard InChI is InChI=1S/C8H11.C5H5.5CH3.ClH.Ru/c1-2-4-6-8-7-5-3-1;1-2-4-5-3-1;;;;;;;/h1-3H,4,6-8H2;1-3H,4H2;5*1H3;1H;/q;;;;;;;;+1/p-1. The van der Waals surface area contributed by atoms with E-state index in [0.717, 1.165) is 12.8 Å². The van der Waals surface area contributed by atoms with Crippen LogP contribution in [0.1, 0.15) is 32.1 Å². The minimum absolute atomic E-state index is 0.983. The molecule has 0 aromatic carbocycles. The Hall–Kier alpha value is -0.127. The quantitative estimate of drug-likeness (QED) is 0.432. The molecule has 0 spiro atoms. The molecule has 0 saturated heterocycles. The van der Waals surface area contributed by atoms with Gasteiger partial charge in [-0.1, -0.05) is 0 Å². The summed E-state index contributed by atoms with van der Waals surface area (Å²) in [5, 5.41) is 0. The number of halogens is 1. The second kappa shape index (κ2) is 2.99. The summed E-state index contributed by atoms with van der Waals surface area (Å²) in [6.07, 6.45) is 19.3. The van der Waals surface area contributed by atoms with Gasteiger partial charge in [0.2, 0.25) is 0 Å². The molecule has 0 amide bonds. The van der Waals surface area contributed by atoms with Crippen molar-refractivity contribution in [3.8, 4) is 0 Å². The molecule has 0 aromatic rings. The van der Waals surface area contributed by atoms with Crippen LogP contribution in [-0.4, -0.2) is 0 Å². The van der Waals surface area contributed by atoms with Crippen molar-refractivity contribution in [1.82, 2.24) is 0 Å². The van der Waals surface area contributed by atoms with E-state index in [-0.39, 0.29) is 0 Å². The van der Waals surface area contributed by atoms with Gasteiger partial charge in [0.1, 0.15) is 0 Å². The van der Waals surface area contributed by atoms with Crippen LogP contribution in [0, 0.1) is 0 Å². The Labute approximate surface area is 123 Å². The summed E-state index contributed by atoms with van der Waals surface area (Å²) < 4.78 is 2.88. The normalized spacial score (nSPS) is 28.1. The van der Waals surface area contributed by atoms with Gasteiger partial charge in [-0.2, -0.15) is 0 Å². The molecule has 0 unspecified atom stereocenters. The second-order valence-corrected chi connectivity index (χ2v) is 51.9. The average molecular weight is 384 g/mol. The molecule has 0 fully saturated rings. The van der Waals surface area contributed by atoms with Gasteiger partial charge in [-0.15, -0.1) is 0 Å². The van der Waals surface area contributed by atoms with Crippen LogP contribution in [0.25, 0.3) is 0 Å². The topological polar surface area (TPSA) is 0 Å². The van der Waals surface area contributed by atoms with Gasteiger partial charge in [-0.25, -0.2) is 0 Å². The maximum atomic E-state index is 7.92. The van der Waals surface area contributed by atoms with Gasteiger partial charge in [-0.05, 0) is 0 Å². The molecule has 0 aliphatic heterocycles. The third-order valence-electron chi connectivity index (χ3n) is 4.83. The molecular formula is C18H31ClRu. The van der Waals surface area contributed by atoms with Crippen LogP contribution in [-0.2, 0) is 9.08 Å². The molecule has 2 aliphatic rings. The number of rotatable bonds is 2. The van der Waals surface area contributed by atoms with E-state index in [1.54, 1.807) is 0 Å². The Morgan fingerprint density at radius 1 is 0.850 bits per heavy atom. The van der Waals surface area contributed by atoms with E-state index in [2.05, 4.69) is 64.0 Å². The van der Waals surface area contributed by atoms with Crippen LogP contribution in [0.2, 0.25) is 27.6 Å². The molecule has 0 radical (unpaired) electrons. The molecule has 0 N–H and O–H groups in total. The van der Waals surface area contributed by atoms with E-state index in [4.69, 9.17) is 9.69 Å². The molecule has 0 atom stereocenters. The fourth-order valence-corrected chi connectivity index (χ4v) is 14.0. The van der Waals surface area contributed by atoms with E-state index >= 15 is 0 Å². The van der Waals surface area contributed by atoms with E-state index in [1.165, 1.54) is 27.6 Å². The third-order valence-corrected chi connectivity index (χ3v) is 21.3. The first-order valence-electron chi connectivity index (χ1n) is 7.19. The predicted octanol–water partition coefficient (Wildman–Crippen LogP) is 7.54. The molecule has 0 aromatic heterocycles. The van der Waals surface area contributed by atoms with Gasteiger partial charge in [0, 0.05) is 0 Å². The fraction of sp³-hybridized carbons (Fsp3) is 0.556. The number of hydrogen-bond acceptors (Lipinski definition) is 0. The van der Waals surface area contributed by atoms with E-state index in [9.17, 15) is 0 Å². The van der Waals surface area contributed by atoms with Crippen molar-refractivity contribution in [2.24, 2.45) is 0 Å². The van der Waals surface area contributed by atoms with Gasteiger partial charge >= 0.3 is 123 Å². The van der Waals surface area contributed by atoms with Crippen LogP contribution in [0.3, 0.4) is 0 Å². The zero-order valence-corrected chi connectivity index (χ0v) is 16.2. The van der Waals surface area contributed by atoms with Crippen molar-refractivity contribution in [1.29, 1.82) is 0 Å². The molecule has 0 heterocycles. The summed E-state index contributed by atoms with van der Waals surface area (Å²) in [5.74, 6) is 0. The molecule has 2 rings (SSSR count). The molecule has 118 valence electrons. The first kappa shape index (κ1) is 16.2. The van der Waals surface area contributed by atoms with E-state index in [0.29, 0.717) is 0 Å². The predicted molar refractivity (Wildman–Crippen MR) is 92.7 cm³/mol. The fourth-order valence-electron chi connectivity index (χ4n) is 3.10. The van der Waals surface area contributed by atoms with Crippen molar-refractivity contribution >= 4 is 9.69 Å². The molecule has 0 nitrogen and oxygen atoms in total. The Kier molecular flexibility index (Phi) is 2.43. The van der Waals surface area contributed by atoms with Crippen molar-refractivity contribution in [2.75, 3.05) is 0 Å². The van der Waals surface area contributed by atoms with Gasteiger partial charge in [0.05, 0.1) is 0 Å². The zero-order chi connectivity index (χ0) is 15.3. The second-order valence-electron chi connectivity index (χ2n) is 9.70. The van der Waals surface area contributed by atoms with Crippen molar-refractivity contribution in [3.05, 3.63) is 44.8 Å². The number of hydrogen-bond donors (Lipinski definition) is 0. The van der Waals surface area contributed by atoms with Crippen LogP contribution in [0.4, 0.5) is 0 Å². The number of allylic oxidation sites excluding steroid dienone is 8. The van der Waals surface area contributed by atoms with E-state index < -0.39 is 9.08 Å². The monoisotopic (exact) mass is 384 g/mol. The molecule has 0 bridgehead atoms. The van der Waals surface area contributed by atoms with Gasteiger partial charge in [0.15, 0.2) is 0 Å². The average Bonchev–Trinajstić information content (AvgIpc) is 2.65. The molecule has 20 heavy (non-hydrogen) atoms. The molecular weight excluding hydrogens is 353 g/mol. The first-order chi connectivity index (χ1) is 8.66. The molecule has 0 saturated carbocycles. The van der Waals surface area contributed by atoms with Crippen molar-refractivity contribution < 1.29 is 9.08 Å². The van der Waals surface area contributed by atoms with Gasteiger partial charge in [0.25, 0.3) is 0 Å². The Morgan fingerprint density at radius 3 is 2.05 bits per heavy atom. The SMILES string of the molecule is [CH3][Ru]([CH3])([CH3])([CH3])([CH3])([Cl])([C]1=CC=CC1)[C]1=CC=CCCCC1. The Balaban J connectivity index is 2.81. The summed E-state index contributed by atoms with van der Waals surface area (Å²) in [7, 11) is 3.21. The van der Waals surface area contributed by atoms with Gasteiger partial charge in [-0.3, -0.25) is 0 Å². The summed E-state index contributed by atoms with van der Waals surface area (Å²) in [5.41, 5.74) is 11.9. The van der Waals surface area contributed by atoms with Crippen molar-refractivity contribution in [3.63, 3.8) is 0 Å². The maximum absolute atomic E-state index is 7.92. The first-order valence-corrected chi connectivity index (χ1v) is 19.9. The summed E-state index contributed by atoms with van der Waals surface area (Å²) in [6.45, 7) is 0. The van der Waals surface area contributed by atoms with Gasteiger partial charge < -0.3 is 0 Å². The minimum atomic E-state index is -4.71. The summed E-state index contributed by atoms with van der Waals surface area (Å²) in [4.78, 5) is 0. The van der Waals surface area contributed by atoms with Crippen LogP contribution in [0.5, 0.6) is 0 Å².